The fraction of sp³-hybridized carbons (Fsp3) is 0.381. The molecule has 7 atom stereocenters. The molecule has 0 unspecified atom stereocenters. The Hall–Kier alpha value is -3.13. The smallest absolute Gasteiger partial charge is 0.229 e. The van der Waals surface area contributed by atoms with Crippen LogP contribution in [0.4, 0.5) is 0 Å². The minimum atomic E-state index is -1.75. The van der Waals surface area contributed by atoms with E-state index >= 15 is 0 Å². The lowest BCUT2D eigenvalue weighted by atomic mass is 9.92. The van der Waals surface area contributed by atoms with Crippen LogP contribution in [0.1, 0.15) is 22.0 Å². The Balaban J connectivity index is 1.63. The Morgan fingerprint density at radius 2 is 1.64 bits per heavy atom. The number of aliphatic hydroxyl groups is 5. The third-order valence-corrected chi connectivity index (χ3v) is 5.53. The van der Waals surface area contributed by atoms with E-state index in [9.17, 15) is 45.6 Å². The average molecular weight is 466 g/mol. The van der Waals surface area contributed by atoms with E-state index in [0.717, 1.165) is 18.2 Å². The summed E-state index contributed by atoms with van der Waals surface area (Å²) in [5.74, 6) is -2.68. The molecular formula is C21H22O12. The number of benzene rings is 2. The number of aromatic hydroxyl groups is 3. The van der Waals surface area contributed by atoms with Crippen LogP contribution in [-0.4, -0.2) is 90.1 Å². The van der Waals surface area contributed by atoms with Crippen molar-refractivity contribution < 1.29 is 59.9 Å². The molecule has 2 aromatic rings. The molecule has 2 aliphatic heterocycles. The van der Waals surface area contributed by atoms with E-state index in [4.69, 9.17) is 14.2 Å². The van der Waals surface area contributed by atoms with E-state index in [1.165, 1.54) is 12.1 Å². The number of aliphatic hydroxyl groups excluding tert-OH is 5. The van der Waals surface area contributed by atoms with Crippen LogP contribution in [0, 0.1) is 0 Å². The van der Waals surface area contributed by atoms with Crippen LogP contribution in [0.15, 0.2) is 30.3 Å². The van der Waals surface area contributed by atoms with Gasteiger partial charge in [0, 0.05) is 12.1 Å². The summed E-state index contributed by atoms with van der Waals surface area (Å²) in [5, 5.41) is 79.5. The highest BCUT2D eigenvalue weighted by atomic mass is 16.7. The number of phenols is 3. The molecule has 178 valence electrons. The number of fused-ring (bicyclic) bond motifs is 1. The van der Waals surface area contributed by atoms with Crippen molar-refractivity contribution >= 4 is 5.78 Å². The quantitative estimate of drug-likeness (QED) is 0.263. The van der Waals surface area contributed by atoms with Gasteiger partial charge in [0.2, 0.25) is 12.1 Å². The molecule has 0 aromatic heterocycles. The zero-order valence-corrected chi connectivity index (χ0v) is 16.8. The number of phenolic OH excluding ortho intramolecular Hbond substituents is 3. The van der Waals surface area contributed by atoms with Gasteiger partial charge >= 0.3 is 0 Å². The number of rotatable bonds is 4. The number of carbonyl (C=O) groups is 1. The van der Waals surface area contributed by atoms with Gasteiger partial charge in [0.15, 0.2) is 23.7 Å². The molecular weight excluding hydrogens is 444 g/mol. The summed E-state index contributed by atoms with van der Waals surface area (Å²) in [7, 11) is 0. The maximum Gasteiger partial charge on any atom is 0.229 e. The van der Waals surface area contributed by atoms with Gasteiger partial charge in [-0.15, -0.1) is 0 Å². The summed E-state index contributed by atoms with van der Waals surface area (Å²) in [6.07, 6.45) is -10.9. The van der Waals surface area contributed by atoms with Crippen molar-refractivity contribution in [2.24, 2.45) is 0 Å². The van der Waals surface area contributed by atoms with Gasteiger partial charge in [-0.25, -0.2) is 0 Å². The van der Waals surface area contributed by atoms with Crippen LogP contribution in [0.2, 0.25) is 0 Å². The first-order valence-electron chi connectivity index (χ1n) is 9.87. The van der Waals surface area contributed by atoms with Gasteiger partial charge in [0.25, 0.3) is 0 Å². The van der Waals surface area contributed by atoms with E-state index in [-0.39, 0.29) is 28.4 Å². The molecule has 0 aliphatic carbocycles. The molecule has 2 aliphatic rings. The molecule has 2 heterocycles. The molecule has 0 saturated carbocycles. The molecule has 4 rings (SSSR count). The van der Waals surface area contributed by atoms with Crippen molar-refractivity contribution in [1.29, 1.82) is 0 Å². The molecule has 0 bridgehead atoms. The number of Topliss-reactive ketones (excluding diaryl/α,β-unsaturated/α-hetero) is 1. The third kappa shape index (κ3) is 4.04. The molecule has 0 spiro atoms. The molecule has 0 radical (unpaired) electrons. The van der Waals surface area contributed by atoms with E-state index < -0.39 is 66.8 Å². The molecule has 0 amide bonds. The summed E-state index contributed by atoms with van der Waals surface area (Å²) in [4.78, 5) is 12.6. The van der Waals surface area contributed by atoms with Gasteiger partial charge in [-0.05, 0) is 17.7 Å². The van der Waals surface area contributed by atoms with Gasteiger partial charge in [0.05, 0.1) is 6.61 Å². The lowest BCUT2D eigenvalue weighted by Crippen LogP contribution is -2.60. The second-order valence-electron chi connectivity index (χ2n) is 7.73. The largest absolute Gasteiger partial charge is 0.508 e. The minimum absolute atomic E-state index is 0.140. The van der Waals surface area contributed by atoms with Gasteiger partial charge in [0.1, 0.15) is 47.2 Å². The number of hydrogen-bond acceptors (Lipinski definition) is 12. The predicted octanol–water partition coefficient (Wildman–Crippen LogP) is -1.34. The van der Waals surface area contributed by atoms with Gasteiger partial charge in [-0.2, -0.15) is 0 Å². The first kappa shape index (κ1) is 23.0. The fourth-order valence-corrected chi connectivity index (χ4v) is 3.76. The van der Waals surface area contributed by atoms with Crippen LogP contribution in [0.25, 0.3) is 0 Å². The highest BCUT2D eigenvalue weighted by Crippen LogP contribution is 2.43. The fourth-order valence-electron chi connectivity index (χ4n) is 3.76. The van der Waals surface area contributed by atoms with Crippen LogP contribution in [-0.2, 0) is 4.74 Å². The first-order chi connectivity index (χ1) is 15.6. The van der Waals surface area contributed by atoms with Crippen molar-refractivity contribution in [1.82, 2.24) is 0 Å². The maximum atomic E-state index is 12.6. The summed E-state index contributed by atoms with van der Waals surface area (Å²) in [5.41, 5.74) is -0.158. The number of carbonyl (C=O) groups excluding carboxylic acids is 1. The van der Waals surface area contributed by atoms with Gasteiger partial charge < -0.3 is 55.1 Å². The van der Waals surface area contributed by atoms with Gasteiger partial charge in [-0.1, -0.05) is 6.07 Å². The predicted molar refractivity (Wildman–Crippen MR) is 106 cm³/mol. The van der Waals surface area contributed by atoms with Gasteiger partial charge in [-0.3, -0.25) is 4.79 Å². The Morgan fingerprint density at radius 3 is 2.33 bits per heavy atom. The van der Waals surface area contributed by atoms with Crippen LogP contribution in [0.5, 0.6) is 28.7 Å². The number of ketones is 1. The maximum absolute atomic E-state index is 12.6. The molecule has 33 heavy (non-hydrogen) atoms. The topological polar surface area (TPSA) is 207 Å². The van der Waals surface area contributed by atoms with Crippen molar-refractivity contribution in [3.63, 3.8) is 0 Å². The Bertz CT molecular complexity index is 1050. The van der Waals surface area contributed by atoms with Crippen LogP contribution < -0.4 is 9.47 Å². The zero-order chi connectivity index (χ0) is 24.0. The summed E-state index contributed by atoms with van der Waals surface area (Å²) < 4.78 is 16.3. The Kier molecular flexibility index (Phi) is 6.05. The Morgan fingerprint density at radius 1 is 0.909 bits per heavy atom. The van der Waals surface area contributed by atoms with Crippen molar-refractivity contribution in [2.45, 2.75) is 42.9 Å². The van der Waals surface area contributed by atoms with Crippen molar-refractivity contribution in [3.05, 3.63) is 41.5 Å². The summed E-state index contributed by atoms with van der Waals surface area (Å²) >= 11 is 0. The number of ether oxygens (including phenoxy) is 3. The van der Waals surface area contributed by atoms with E-state index in [2.05, 4.69) is 0 Å². The molecule has 1 saturated heterocycles. The van der Waals surface area contributed by atoms with E-state index in [1.807, 2.05) is 0 Å². The molecule has 1 fully saturated rings. The second-order valence-corrected chi connectivity index (χ2v) is 7.73. The summed E-state index contributed by atoms with van der Waals surface area (Å²) in [6, 6.07) is 5.69. The monoisotopic (exact) mass is 466 g/mol. The zero-order valence-electron chi connectivity index (χ0n) is 16.8. The van der Waals surface area contributed by atoms with E-state index in [0.29, 0.717) is 0 Å². The number of hydrogen-bond donors (Lipinski definition) is 8. The average Bonchev–Trinajstić information content (AvgIpc) is 2.77. The second kappa shape index (κ2) is 8.67. The Labute approximate surface area is 186 Å². The van der Waals surface area contributed by atoms with Crippen molar-refractivity contribution in [2.75, 3.05) is 6.61 Å². The minimum Gasteiger partial charge on any atom is -0.508 e. The molecule has 2 aromatic carbocycles. The molecule has 12 nitrogen and oxygen atoms in total. The van der Waals surface area contributed by atoms with E-state index in [1.54, 1.807) is 0 Å². The normalized spacial score (nSPS) is 31.5. The lowest BCUT2D eigenvalue weighted by molar-refractivity contribution is -0.277. The molecule has 12 heteroatoms. The summed E-state index contributed by atoms with van der Waals surface area (Å²) in [6.45, 7) is -0.680. The lowest BCUT2D eigenvalue weighted by Gasteiger charge is -2.39. The molecule has 8 N–H and O–H groups in total. The first-order valence-corrected chi connectivity index (χ1v) is 9.87. The van der Waals surface area contributed by atoms with Crippen LogP contribution >= 0.6 is 0 Å². The van der Waals surface area contributed by atoms with Crippen molar-refractivity contribution in [3.8, 4) is 28.7 Å². The highest BCUT2D eigenvalue weighted by Gasteiger charge is 2.45. The SMILES string of the molecule is O=C1c2c(O)cc(O)cc2O[C@H](c2ccc(O)c(O[C@H]3O[C@@H](CO)[C@H](O)[C@@H](O)[C@@H]3O)c2)[C@H]1O. The van der Waals surface area contributed by atoms with Crippen LogP contribution in [0.3, 0.4) is 0 Å². The standard InChI is InChI=1S/C21H22O12/c22-6-13-15(26)17(28)19(30)21(33-13)32-11-3-7(1-2-9(11)24)20-18(29)16(27)14-10(25)4-8(23)5-12(14)31-20/h1-5,13,15,17-26,28-30H,6H2/t13-,15-,17+,18-,19-,20+,21-/m0/s1. The highest BCUT2D eigenvalue weighted by molar-refractivity contribution is 6.05. The third-order valence-electron chi connectivity index (χ3n) is 5.53.